The second-order valence-electron chi connectivity index (χ2n) is 6.05. The van der Waals surface area contributed by atoms with Gasteiger partial charge in [0.2, 0.25) is 0 Å². The van der Waals surface area contributed by atoms with Crippen molar-refractivity contribution in [1.82, 2.24) is 5.32 Å². The van der Waals surface area contributed by atoms with Gasteiger partial charge in [0.25, 0.3) is 0 Å². The molecular formula is C16H28NO6PS. The lowest BCUT2D eigenvalue weighted by molar-refractivity contribution is -0.119. The molecule has 2 rings (SSSR count). The van der Waals surface area contributed by atoms with E-state index < -0.39 is 29.9 Å². The summed E-state index contributed by atoms with van der Waals surface area (Å²) in [6.45, 7) is 7.00. The number of nitrogens with one attached hydrogen (secondary N) is 1. The van der Waals surface area contributed by atoms with Gasteiger partial charge in [-0.15, -0.1) is 0 Å². The van der Waals surface area contributed by atoms with Crippen LogP contribution in [0.25, 0.3) is 0 Å². The van der Waals surface area contributed by atoms with Crippen molar-refractivity contribution in [3.8, 4) is 0 Å². The van der Waals surface area contributed by atoms with Crippen LogP contribution in [0.4, 0.5) is 0 Å². The van der Waals surface area contributed by atoms with Gasteiger partial charge < -0.3 is 4.52 Å². The zero-order chi connectivity index (χ0) is 18.6. The molecule has 0 amide bonds. The van der Waals surface area contributed by atoms with E-state index in [4.69, 9.17) is 13.6 Å². The van der Waals surface area contributed by atoms with Crippen molar-refractivity contribution in [2.75, 3.05) is 19.0 Å². The van der Waals surface area contributed by atoms with E-state index in [-0.39, 0.29) is 25.0 Å². The summed E-state index contributed by atoms with van der Waals surface area (Å²) in [6, 6.07) is -0.648. The smallest absolute Gasteiger partial charge is 0.407 e. The number of phosphoric ester groups is 1. The highest BCUT2D eigenvalue weighted by Crippen LogP contribution is 2.54. The molecule has 1 fully saturated rings. The maximum absolute atomic E-state index is 12.9. The molecule has 0 spiro atoms. The van der Waals surface area contributed by atoms with E-state index >= 15 is 0 Å². The first-order valence-corrected chi connectivity index (χ1v) is 11.7. The van der Waals surface area contributed by atoms with Crippen molar-refractivity contribution in [2.45, 2.75) is 64.3 Å². The Morgan fingerprint density at radius 2 is 1.92 bits per heavy atom. The zero-order valence-corrected chi connectivity index (χ0v) is 17.0. The molecule has 0 aromatic rings. The molecule has 3 unspecified atom stereocenters. The normalized spacial score (nSPS) is 27.9. The zero-order valence-electron chi connectivity index (χ0n) is 15.3. The molecule has 0 aromatic carbocycles. The summed E-state index contributed by atoms with van der Waals surface area (Å²) in [5.74, 6) is 0.627. The summed E-state index contributed by atoms with van der Waals surface area (Å²) in [7, 11) is -5.16. The van der Waals surface area contributed by atoms with Crippen molar-refractivity contribution >= 4 is 24.4 Å². The van der Waals surface area contributed by atoms with E-state index in [2.05, 4.69) is 5.32 Å². The number of phosphoric acid groups is 1. The minimum atomic E-state index is -3.81. The molecule has 1 N–H and O–H groups in total. The van der Waals surface area contributed by atoms with Gasteiger partial charge in [0, 0.05) is 22.6 Å². The average Bonchev–Trinajstić information content (AvgIpc) is 3.02. The number of hydrogen-bond donors (Lipinski definition) is 1. The number of carbonyl (C=O) groups is 1. The first-order valence-electron chi connectivity index (χ1n) is 8.82. The number of Topliss-reactive ketones (excluding diaryl/α,β-unsaturated/α-hetero) is 1. The van der Waals surface area contributed by atoms with Crippen molar-refractivity contribution in [3.05, 3.63) is 11.3 Å². The highest BCUT2D eigenvalue weighted by molar-refractivity contribution is 7.85. The third kappa shape index (κ3) is 4.61. The van der Waals surface area contributed by atoms with Gasteiger partial charge in [-0.25, -0.2) is 4.57 Å². The van der Waals surface area contributed by atoms with Gasteiger partial charge in [-0.1, -0.05) is 6.92 Å². The lowest BCUT2D eigenvalue weighted by Gasteiger charge is -2.37. The predicted octanol–water partition coefficient (Wildman–Crippen LogP) is 2.69. The van der Waals surface area contributed by atoms with Crippen molar-refractivity contribution < 1.29 is 27.1 Å². The van der Waals surface area contributed by atoms with E-state index in [0.717, 1.165) is 24.8 Å². The quantitative estimate of drug-likeness (QED) is 0.602. The minimum Gasteiger partial charge on any atom is -0.407 e. The van der Waals surface area contributed by atoms with Crippen LogP contribution in [0.15, 0.2) is 11.3 Å². The molecule has 1 saturated carbocycles. The largest absolute Gasteiger partial charge is 0.529 e. The highest BCUT2D eigenvalue weighted by atomic mass is 32.2. The Labute approximate surface area is 151 Å². The summed E-state index contributed by atoms with van der Waals surface area (Å²) in [6.07, 6.45) is 2.56. The summed E-state index contributed by atoms with van der Waals surface area (Å²) >= 11 is 0. The second kappa shape index (κ2) is 8.91. The van der Waals surface area contributed by atoms with Crippen LogP contribution in [0.2, 0.25) is 0 Å². The van der Waals surface area contributed by atoms with E-state index in [1.54, 1.807) is 20.8 Å². The standard InChI is InChI=1S/C16H28NO6PS/c1-5-21-24(19,22-6-2)23-15-12-9-8-10-13(12)17-14(11(4)18)16(15)25(20)7-3/h13-14,16-17H,5-10H2,1-4H3/t13-,14?,16?,25?/m0/s1. The molecule has 9 heteroatoms. The molecule has 0 saturated heterocycles. The Balaban J connectivity index is 2.48. The monoisotopic (exact) mass is 393 g/mol. The molecule has 0 bridgehead atoms. The topological polar surface area (TPSA) is 90.9 Å². The molecule has 0 aromatic heterocycles. The van der Waals surface area contributed by atoms with Gasteiger partial charge in [0.1, 0.15) is 16.8 Å². The van der Waals surface area contributed by atoms with Gasteiger partial charge in [-0.2, -0.15) is 0 Å². The third-order valence-electron chi connectivity index (χ3n) is 4.41. The van der Waals surface area contributed by atoms with Gasteiger partial charge in [0.15, 0.2) is 0 Å². The van der Waals surface area contributed by atoms with Crippen LogP contribution in [0.1, 0.15) is 47.0 Å². The van der Waals surface area contributed by atoms with Gasteiger partial charge in [0.05, 0.1) is 19.3 Å². The number of carbonyl (C=O) groups excluding carboxylic acids is 1. The van der Waals surface area contributed by atoms with E-state index in [0.29, 0.717) is 11.5 Å². The number of hydrogen-bond acceptors (Lipinski definition) is 7. The maximum atomic E-state index is 12.9. The Morgan fingerprint density at radius 3 is 2.44 bits per heavy atom. The van der Waals surface area contributed by atoms with Crippen LogP contribution >= 0.6 is 7.82 Å². The van der Waals surface area contributed by atoms with Crippen molar-refractivity contribution in [2.24, 2.45) is 0 Å². The molecular weight excluding hydrogens is 365 g/mol. The van der Waals surface area contributed by atoms with Gasteiger partial charge in [-0.3, -0.25) is 23.4 Å². The van der Waals surface area contributed by atoms with Crippen molar-refractivity contribution in [1.29, 1.82) is 0 Å². The Bertz CT molecular complexity index is 597. The molecule has 0 radical (unpaired) electrons. The molecule has 25 heavy (non-hydrogen) atoms. The fourth-order valence-electron chi connectivity index (χ4n) is 3.38. The molecule has 7 nitrogen and oxygen atoms in total. The molecule has 1 aliphatic carbocycles. The maximum Gasteiger partial charge on any atom is 0.529 e. The van der Waals surface area contributed by atoms with E-state index in [9.17, 15) is 13.6 Å². The molecule has 1 heterocycles. The average molecular weight is 393 g/mol. The number of ketones is 1. The summed E-state index contributed by atoms with van der Waals surface area (Å²) in [4.78, 5) is 12.2. The molecule has 4 atom stereocenters. The lowest BCUT2D eigenvalue weighted by Crippen LogP contribution is -2.56. The third-order valence-corrected chi connectivity index (χ3v) is 7.60. The molecule has 1 aliphatic heterocycles. The fourth-order valence-corrected chi connectivity index (χ4v) is 6.11. The fraction of sp³-hybridized carbons (Fsp3) is 0.812. The van der Waals surface area contributed by atoms with Crippen LogP contribution in [-0.2, 0) is 33.7 Å². The lowest BCUT2D eigenvalue weighted by atomic mass is 9.95. The van der Waals surface area contributed by atoms with Crippen LogP contribution < -0.4 is 5.32 Å². The first kappa shape index (κ1) is 20.8. The second-order valence-corrected chi connectivity index (χ2v) is 9.49. The van der Waals surface area contributed by atoms with E-state index in [1.807, 2.05) is 0 Å². The number of fused-ring (bicyclic) bond motifs is 1. The molecule has 2 aliphatic rings. The first-order chi connectivity index (χ1) is 11.9. The summed E-state index contributed by atoms with van der Waals surface area (Å²) in [5, 5.41) is 2.63. The van der Waals surface area contributed by atoms with Crippen LogP contribution in [-0.4, -0.2) is 46.3 Å². The Kier molecular flexibility index (Phi) is 7.40. The number of rotatable bonds is 9. The summed E-state index contributed by atoms with van der Waals surface area (Å²) < 4.78 is 41.9. The Morgan fingerprint density at radius 1 is 1.28 bits per heavy atom. The van der Waals surface area contributed by atoms with Crippen LogP contribution in [0.3, 0.4) is 0 Å². The van der Waals surface area contributed by atoms with Gasteiger partial charge in [-0.05, 0) is 45.6 Å². The Hall–Kier alpha value is -0.530. The summed E-state index contributed by atoms with van der Waals surface area (Å²) in [5.41, 5.74) is 0.934. The van der Waals surface area contributed by atoms with E-state index in [1.165, 1.54) is 6.92 Å². The van der Waals surface area contributed by atoms with Crippen LogP contribution in [0, 0.1) is 0 Å². The minimum absolute atomic E-state index is 0.0225. The molecule has 144 valence electrons. The van der Waals surface area contributed by atoms with Crippen molar-refractivity contribution in [3.63, 3.8) is 0 Å². The van der Waals surface area contributed by atoms with Gasteiger partial charge >= 0.3 is 7.82 Å². The SMILES string of the molecule is CCOP(=O)(OCC)OC1=C2CCC[C@@H]2NC(C(C)=O)C1S(=O)CC. The predicted molar refractivity (Wildman–Crippen MR) is 96.7 cm³/mol. The van der Waals surface area contributed by atoms with Crippen LogP contribution in [0.5, 0.6) is 0 Å². The highest BCUT2D eigenvalue weighted by Gasteiger charge is 2.46.